The summed E-state index contributed by atoms with van der Waals surface area (Å²) < 4.78 is 0. The second-order valence-electron chi connectivity index (χ2n) is 5.81. The van der Waals surface area contributed by atoms with E-state index in [0.717, 1.165) is 31.0 Å². The van der Waals surface area contributed by atoms with E-state index in [4.69, 9.17) is 0 Å². The zero-order valence-corrected chi connectivity index (χ0v) is 15.2. The predicted octanol–water partition coefficient (Wildman–Crippen LogP) is 3.65. The third-order valence-electron chi connectivity index (χ3n) is 4.19. The monoisotopic (exact) mass is 370 g/mol. The molecule has 0 bridgehead atoms. The van der Waals surface area contributed by atoms with Gasteiger partial charge in [-0.25, -0.2) is 0 Å². The summed E-state index contributed by atoms with van der Waals surface area (Å²) in [5.41, 5.74) is 1.26. The van der Waals surface area contributed by atoms with Crippen LogP contribution >= 0.6 is 23.1 Å². The molecule has 1 amide bonds. The molecule has 7 heteroatoms. The minimum absolute atomic E-state index is 0.0328. The fourth-order valence-corrected chi connectivity index (χ4v) is 5.12. The Morgan fingerprint density at radius 2 is 2.00 bits per heavy atom. The van der Waals surface area contributed by atoms with Crippen LogP contribution in [0.25, 0.3) is 5.69 Å². The van der Waals surface area contributed by atoms with Gasteiger partial charge in [-0.15, -0.1) is 16.4 Å². The van der Waals surface area contributed by atoms with E-state index in [2.05, 4.69) is 27.7 Å². The molecule has 3 heterocycles. The fourth-order valence-electron chi connectivity index (χ4n) is 2.88. The molecule has 0 aliphatic carbocycles. The summed E-state index contributed by atoms with van der Waals surface area (Å²) in [6.45, 7) is 1.51. The Labute approximate surface area is 154 Å². The molecule has 0 unspecified atom stereocenters. The molecule has 25 heavy (non-hydrogen) atoms. The normalized spacial score (nSPS) is 18.1. The number of amides is 1. The van der Waals surface area contributed by atoms with Crippen molar-refractivity contribution >= 4 is 29.0 Å². The molecule has 5 nitrogen and oxygen atoms in total. The first-order chi connectivity index (χ1) is 12.3. The van der Waals surface area contributed by atoms with Crippen LogP contribution in [0.1, 0.15) is 27.0 Å². The highest BCUT2D eigenvalue weighted by Crippen LogP contribution is 2.36. The zero-order valence-electron chi connectivity index (χ0n) is 13.6. The van der Waals surface area contributed by atoms with Crippen molar-refractivity contribution in [2.45, 2.75) is 11.7 Å². The van der Waals surface area contributed by atoms with E-state index >= 15 is 0 Å². The zero-order chi connectivity index (χ0) is 17.1. The summed E-state index contributed by atoms with van der Waals surface area (Å²) in [4.78, 5) is 17.6. The van der Waals surface area contributed by atoms with Crippen LogP contribution in [-0.4, -0.2) is 44.6 Å². The molecule has 1 atom stereocenters. The third kappa shape index (κ3) is 3.62. The average molecular weight is 371 g/mol. The van der Waals surface area contributed by atoms with Gasteiger partial charge in [-0.1, -0.05) is 24.3 Å². The highest BCUT2D eigenvalue weighted by Gasteiger charge is 2.25. The standard InChI is InChI=1S/C18H18N4OS2/c23-18(15-13-19-22(20-15)14-5-2-1-3-6-14)21-9-8-17(25-12-10-21)16-7-4-11-24-16/h1-7,11,13,17H,8-10,12H2/t17-/m1/s1. The Bertz CT molecular complexity index is 832. The van der Waals surface area contributed by atoms with Crippen LogP contribution in [0.15, 0.2) is 54.0 Å². The van der Waals surface area contributed by atoms with Crippen LogP contribution in [0.5, 0.6) is 0 Å². The molecule has 1 aliphatic rings. The second-order valence-corrected chi connectivity index (χ2v) is 8.10. The van der Waals surface area contributed by atoms with Crippen LogP contribution in [0.2, 0.25) is 0 Å². The molecule has 0 N–H and O–H groups in total. The Morgan fingerprint density at radius 1 is 1.12 bits per heavy atom. The fraction of sp³-hybridized carbons (Fsp3) is 0.278. The number of aromatic nitrogens is 3. The summed E-state index contributed by atoms with van der Waals surface area (Å²) in [6, 6.07) is 13.9. The molecule has 4 rings (SSSR count). The Hall–Kier alpha value is -2.12. The van der Waals surface area contributed by atoms with Crippen LogP contribution in [0.3, 0.4) is 0 Å². The van der Waals surface area contributed by atoms with E-state index in [1.807, 2.05) is 47.0 Å². The number of thioether (sulfide) groups is 1. The van der Waals surface area contributed by atoms with E-state index in [1.54, 1.807) is 17.5 Å². The van der Waals surface area contributed by atoms with Crippen LogP contribution in [0.4, 0.5) is 0 Å². The summed E-state index contributed by atoms with van der Waals surface area (Å²) in [5, 5.41) is 11.2. The quantitative estimate of drug-likeness (QED) is 0.706. The van der Waals surface area contributed by atoms with Crippen molar-refractivity contribution in [1.29, 1.82) is 0 Å². The topological polar surface area (TPSA) is 51.0 Å². The van der Waals surface area contributed by atoms with Crippen molar-refractivity contribution in [2.75, 3.05) is 18.8 Å². The van der Waals surface area contributed by atoms with Gasteiger partial charge < -0.3 is 4.90 Å². The molecule has 128 valence electrons. The second kappa shape index (κ2) is 7.41. The summed E-state index contributed by atoms with van der Waals surface area (Å²) >= 11 is 3.73. The number of hydrogen-bond acceptors (Lipinski definition) is 5. The van der Waals surface area contributed by atoms with Gasteiger partial charge in [0.2, 0.25) is 0 Å². The largest absolute Gasteiger partial charge is 0.336 e. The summed E-state index contributed by atoms with van der Waals surface area (Å²) in [6.07, 6.45) is 2.54. The van der Waals surface area contributed by atoms with Gasteiger partial charge in [-0.05, 0) is 30.0 Å². The lowest BCUT2D eigenvalue weighted by atomic mass is 10.2. The Kier molecular flexibility index (Phi) is 4.85. The maximum Gasteiger partial charge on any atom is 0.276 e. The van der Waals surface area contributed by atoms with Gasteiger partial charge in [-0.2, -0.15) is 21.7 Å². The first kappa shape index (κ1) is 16.4. The number of thiophene rings is 1. The van der Waals surface area contributed by atoms with Crippen molar-refractivity contribution in [3.05, 3.63) is 64.6 Å². The van der Waals surface area contributed by atoms with Gasteiger partial charge in [0.25, 0.3) is 5.91 Å². The lowest BCUT2D eigenvalue weighted by molar-refractivity contribution is 0.0760. The van der Waals surface area contributed by atoms with Crippen molar-refractivity contribution < 1.29 is 4.79 Å². The molecule has 0 radical (unpaired) electrons. The molecule has 3 aromatic rings. The number of carbonyl (C=O) groups is 1. The van der Waals surface area contributed by atoms with Gasteiger partial charge in [0.1, 0.15) is 0 Å². The van der Waals surface area contributed by atoms with Crippen LogP contribution in [0, 0.1) is 0 Å². The third-order valence-corrected chi connectivity index (χ3v) is 6.63. The Morgan fingerprint density at radius 3 is 2.80 bits per heavy atom. The maximum atomic E-state index is 12.8. The van der Waals surface area contributed by atoms with Gasteiger partial charge in [0.05, 0.1) is 11.9 Å². The highest BCUT2D eigenvalue weighted by atomic mass is 32.2. The molecular formula is C18H18N4OS2. The highest BCUT2D eigenvalue weighted by molar-refractivity contribution is 7.99. The van der Waals surface area contributed by atoms with E-state index < -0.39 is 0 Å². The lowest BCUT2D eigenvalue weighted by Crippen LogP contribution is -2.33. The number of hydrogen-bond donors (Lipinski definition) is 0. The van der Waals surface area contributed by atoms with Crippen molar-refractivity contribution in [1.82, 2.24) is 19.9 Å². The molecule has 1 aromatic carbocycles. The van der Waals surface area contributed by atoms with Gasteiger partial charge in [0.15, 0.2) is 5.69 Å². The smallest absolute Gasteiger partial charge is 0.276 e. The molecule has 2 aromatic heterocycles. The minimum atomic E-state index is -0.0328. The Balaban J connectivity index is 1.45. The molecule has 1 saturated heterocycles. The van der Waals surface area contributed by atoms with E-state index in [9.17, 15) is 4.79 Å². The van der Waals surface area contributed by atoms with Gasteiger partial charge in [0, 0.05) is 29.0 Å². The number of carbonyl (C=O) groups excluding carboxylic acids is 1. The van der Waals surface area contributed by atoms with E-state index in [-0.39, 0.29) is 5.91 Å². The first-order valence-electron chi connectivity index (χ1n) is 8.23. The molecule has 1 fully saturated rings. The summed E-state index contributed by atoms with van der Waals surface area (Å²) in [7, 11) is 0. The number of benzene rings is 1. The number of rotatable bonds is 3. The minimum Gasteiger partial charge on any atom is -0.336 e. The average Bonchev–Trinajstić information content (AvgIpc) is 3.30. The molecule has 0 saturated carbocycles. The predicted molar refractivity (Wildman–Crippen MR) is 101 cm³/mol. The SMILES string of the molecule is O=C(c1cnn(-c2ccccc2)n1)N1CCS[C@@H](c2cccs2)CC1. The lowest BCUT2D eigenvalue weighted by Gasteiger charge is -2.18. The van der Waals surface area contributed by atoms with E-state index in [1.165, 1.54) is 9.67 Å². The van der Waals surface area contributed by atoms with Crippen LogP contribution in [-0.2, 0) is 0 Å². The van der Waals surface area contributed by atoms with Crippen molar-refractivity contribution in [3.8, 4) is 5.69 Å². The number of para-hydroxylation sites is 1. The van der Waals surface area contributed by atoms with Crippen molar-refractivity contribution in [2.24, 2.45) is 0 Å². The molecule has 1 aliphatic heterocycles. The van der Waals surface area contributed by atoms with Gasteiger partial charge >= 0.3 is 0 Å². The van der Waals surface area contributed by atoms with Gasteiger partial charge in [-0.3, -0.25) is 4.79 Å². The van der Waals surface area contributed by atoms with Crippen LogP contribution < -0.4 is 0 Å². The maximum absolute atomic E-state index is 12.8. The first-order valence-corrected chi connectivity index (χ1v) is 10.2. The molecular weight excluding hydrogens is 352 g/mol. The summed E-state index contributed by atoms with van der Waals surface area (Å²) in [5.74, 6) is 0.913. The van der Waals surface area contributed by atoms with Crippen molar-refractivity contribution in [3.63, 3.8) is 0 Å². The number of nitrogens with zero attached hydrogens (tertiary/aromatic N) is 4. The molecule has 0 spiro atoms. The van der Waals surface area contributed by atoms with E-state index in [0.29, 0.717) is 10.9 Å².